The van der Waals surface area contributed by atoms with Crippen molar-refractivity contribution >= 4 is 5.82 Å². The standard InChI is InChI=1S/C11H19N3O/c1-8(2)5-9-6-10(12-3)14-11(13-9)7-15-4/h6,8H,5,7H2,1-4H3,(H,12,13,14). The third kappa shape index (κ3) is 3.83. The van der Waals surface area contributed by atoms with E-state index < -0.39 is 0 Å². The molecule has 4 heteroatoms. The van der Waals surface area contributed by atoms with Crippen molar-refractivity contribution in [3.63, 3.8) is 0 Å². The van der Waals surface area contributed by atoms with E-state index in [4.69, 9.17) is 4.74 Å². The Balaban J connectivity index is 2.89. The summed E-state index contributed by atoms with van der Waals surface area (Å²) in [6.45, 7) is 4.81. The molecule has 0 aliphatic carbocycles. The van der Waals surface area contributed by atoms with E-state index in [9.17, 15) is 0 Å². The SMILES string of the molecule is CNc1cc(CC(C)C)nc(COC)n1. The van der Waals surface area contributed by atoms with Gasteiger partial charge in [-0.15, -0.1) is 0 Å². The van der Waals surface area contributed by atoms with Gasteiger partial charge in [0.05, 0.1) is 0 Å². The van der Waals surface area contributed by atoms with Gasteiger partial charge in [0.25, 0.3) is 0 Å². The third-order valence-electron chi connectivity index (χ3n) is 1.97. The molecule has 1 aromatic heterocycles. The van der Waals surface area contributed by atoms with Gasteiger partial charge in [0.15, 0.2) is 5.82 Å². The van der Waals surface area contributed by atoms with Gasteiger partial charge in [0.1, 0.15) is 12.4 Å². The topological polar surface area (TPSA) is 47.0 Å². The first-order valence-corrected chi connectivity index (χ1v) is 5.19. The van der Waals surface area contributed by atoms with Crippen LogP contribution in [0.25, 0.3) is 0 Å². The number of hydrogen-bond donors (Lipinski definition) is 1. The number of rotatable bonds is 5. The predicted molar refractivity (Wildman–Crippen MR) is 60.8 cm³/mol. The Bertz CT molecular complexity index is 313. The molecule has 0 saturated carbocycles. The van der Waals surface area contributed by atoms with Crippen molar-refractivity contribution < 1.29 is 4.74 Å². The van der Waals surface area contributed by atoms with E-state index in [-0.39, 0.29) is 0 Å². The highest BCUT2D eigenvalue weighted by atomic mass is 16.5. The highest BCUT2D eigenvalue weighted by Gasteiger charge is 2.05. The monoisotopic (exact) mass is 209 g/mol. The lowest BCUT2D eigenvalue weighted by Crippen LogP contribution is -2.06. The van der Waals surface area contributed by atoms with Gasteiger partial charge >= 0.3 is 0 Å². The first-order chi connectivity index (χ1) is 7.15. The van der Waals surface area contributed by atoms with Crippen LogP contribution in [0.1, 0.15) is 25.4 Å². The molecule has 4 nitrogen and oxygen atoms in total. The summed E-state index contributed by atoms with van der Waals surface area (Å²) in [6.07, 6.45) is 0.966. The zero-order valence-electron chi connectivity index (χ0n) is 9.87. The molecule has 0 aliphatic heterocycles. The van der Waals surface area contributed by atoms with Gasteiger partial charge in [0, 0.05) is 25.9 Å². The van der Waals surface area contributed by atoms with Gasteiger partial charge < -0.3 is 10.1 Å². The average molecular weight is 209 g/mol. The maximum absolute atomic E-state index is 5.03. The Labute approximate surface area is 91.1 Å². The lowest BCUT2D eigenvalue weighted by molar-refractivity contribution is 0.177. The minimum absolute atomic E-state index is 0.459. The van der Waals surface area contributed by atoms with Crippen molar-refractivity contribution in [2.45, 2.75) is 26.9 Å². The fourth-order valence-electron chi connectivity index (χ4n) is 1.40. The second-order valence-corrected chi connectivity index (χ2v) is 3.94. The minimum Gasteiger partial charge on any atom is -0.377 e. The van der Waals surface area contributed by atoms with Crippen LogP contribution in [-0.4, -0.2) is 24.1 Å². The summed E-state index contributed by atoms with van der Waals surface area (Å²) in [5, 5.41) is 3.03. The molecule has 0 fully saturated rings. The van der Waals surface area contributed by atoms with Gasteiger partial charge in [0.2, 0.25) is 0 Å². The van der Waals surface area contributed by atoms with Gasteiger partial charge in [-0.3, -0.25) is 0 Å². The molecule has 0 spiro atoms. The molecule has 1 aromatic rings. The first kappa shape index (κ1) is 11.9. The van der Waals surface area contributed by atoms with Crippen LogP contribution in [0.3, 0.4) is 0 Å². The van der Waals surface area contributed by atoms with E-state index >= 15 is 0 Å². The fraction of sp³-hybridized carbons (Fsp3) is 0.636. The number of anilines is 1. The number of nitrogens with zero attached hydrogens (tertiary/aromatic N) is 2. The summed E-state index contributed by atoms with van der Waals surface area (Å²) in [4.78, 5) is 8.74. The van der Waals surface area contributed by atoms with Crippen LogP contribution in [0.5, 0.6) is 0 Å². The molecule has 84 valence electrons. The van der Waals surface area contributed by atoms with E-state index in [1.165, 1.54) is 0 Å². The summed E-state index contributed by atoms with van der Waals surface area (Å²) in [6, 6.07) is 1.99. The highest BCUT2D eigenvalue weighted by Crippen LogP contribution is 2.11. The Hall–Kier alpha value is -1.16. The van der Waals surface area contributed by atoms with Crippen molar-refractivity contribution in [1.29, 1.82) is 0 Å². The van der Waals surface area contributed by atoms with E-state index in [1.807, 2.05) is 13.1 Å². The Morgan fingerprint density at radius 3 is 2.67 bits per heavy atom. The van der Waals surface area contributed by atoms with Crippen LogP contribution in [-0.2, 0) is 17.8 Å². The van der Waals surface area contributed by atoms with E-state index in [1.54, 1.807) is 7.11 Å². The van der Waals surface area contributed by atoms with E-state index in [0.717, 1.165) is 23.8 Å². The molecule has 0 aliphatic rings. The lowest BCUT2D eigenvalue weighted by Gasteiger charge is -2.08. The molecule has 15 heavy (non-hydrogen) atoms. The summed E-state index contributed by atoms with van der Waals surface area (Å²) < 4.78 is 5.03. The Kier molecular flexibility index (Phi) is 4.49. The van der Waals surface area contributed by atoms with Crippen LogP contribution in [0, 0.1) is 5.92 Å². The molecule has 1 N–H and O–H groups in total. The number of aromatic nitrogens is 2. The zero-order chi connectivity index (χ0) is 11.3. The molecule has 0 amide bonds. The maximum Gasteiger partial charge on any atom is 0.156 e. The Morgan fingerprint density at radius 1 is 1.40 bits per heavy atom. The zero-order valence-corrected chi connectivity index (χ0v) is 9.87. The van der Waals surface area contributed by atoms with Crippen LogP contribution < -0.4 is 5.32 Å². The number of ether oxygens (including phenoxy) is 1. The molecule has 1 rings (SSSR count). The molecule has 0 bridgehead atoms. The summed E-state index contributed by atoms with van der Waals surface area (Å²) in [5.74, 6) is 2.19. The minimum atomic E-state index is 0.459. The first-order valence-electron chi connectivity index (χ1n) is 5.19. The van der Waals surface area contributed by atoms with Crippen molar-refractivity contribution in [1.82, 2.24) is 9.97 Å². The van der Waals surface area contributed by atoms with E-state index in [0.29, 0.717) is 12.5 Å². The largest absolute Gasteiger partial charge is 0.377 e. The number of methoxy groups -OCH3 is 1. The quantitative estimate of drug-likeness (QED) is 0.804. The van der Waals surface area contributed by atoms with Gasteiger partial charge in [-0.25, -0.2) is 9.97 Å². The molecule has 0 radical (unpaired) electrons. The normalized spacial score (nSPS) is 10.7. The van der Waals surface area contributed by atoms with Crippen molar-refractivity contribution in [2.24, 2.45) is 5.92 Å². The number of hydrogen-bond acceptors (Lipinski definition) is 4. The average Bonchev–Trinajstić information content (AvgIpc) is 2.16. The maximum atomic E-state index is 5.03. The molecule has 0 aromatic carbocycles. The van der Waals surface area contributed by atoms with Gasteiger partial charge in [-0.2, -0.15) is 0 Å². The fourth-order valence-corrected chi connectivity index (χ4v) is 1.40. The molecule has 0 atom stereocenters. The van der Waals surface area contributed by atoms with Crippen molar-refractivity contribution in [3.8, 4) is 0 Å². The summed E-state index contributed by atoms with van der Waals surface area (Å²) in [7, 11) is 3.51. The van der Waals surface area contributed by atoms with Crippen molar-refractivity contribution in [2.75, 3.05) is 19.5 Å². The Morgan fingerprint density at radius 2 is 2.13 bits per heavy atom. The smallest absolute Gasteiger partial charge is 0.156 e. The van der Waals surface area contributed by atoms with Crippen LogP contribution in [0.2, 0.25) is 0 Å². The van der Waals surface area contributed by atoms with Crippen LogP contribution >= 0.6 is 0 Å². The second-order valence-electron chi connectivity index (χ2n) is 3.94. The number of nitrogens with one attached hydrogen (secondary N) is 1. The van der Waals surface area contributed by atoms with Gasteiger partial charge in [-0.1, -0.05) is 13.8 Å². The summed E-state index contributed by atoms with van der Waals surface area (Å²) >= 11 is 0. The third-order valence-corrected chi connectivity index (χ3v) is 1.97. The molecule has 1 heterocycles. The lowest BCUT2D eigenvalue weighted by atomic mass is 10.1. The molecule has 0 unspecified atom stereocenters. The molecule has 0 saturated heterocycles. The molecular formula is C11H19N3O. The van der Waals surface area contributed by atoms with Crippen molar-refractivity contribution in [3.05, 3.63) is 17.6 Å². The second kappa shape index (κ2) is 5.66. The van der Waals surface area contributed by atoms with Crippen LogP contribution in [0.15, 0.2) is 6.07 Å². The summed E-state index contributed by atoms with van der Waals surface area (Å²) in [5.41, 5.74) is 1.07. The predicted octanol–water partition coefficient (Wildman–Crippen LogP) is 1.86. The highest BCUT2D eigenvalue weighted by molar-refractivity contribution is 5.35. The van der Waals surface area contributed by atoms with Gasteiger partial charge in [-0.05, 0) is 12.3 Å². The van der Waals surface area contributed by atoms with E-state index in [2.05, 4.69) is 29.1 Å². The van der Waals surface area contributed by atoms with Crippen LogP contribution in [0.4, 0.5) is 5.82 Å². The molecular weight excluding hydrogens is 190 g/mol.